The quantitative estimate of drug-likeness (QED) is 0.750. The van der Waals surface area contributed by atoms with E-state index in [1.54, 1.807) is 18.2 Å². The highest BCUT2D eigenvalue weighted by atomic mass is 19.1. The normalized spacial score (nSPS) is 10.7. The molecule has 0 bridgehead atoms. The number of carbonyl (C=O) groups is 1. The minimum Gasteiger partial charge on any atom is -0.361 e. The molecule has 3 rings (SSSR count). The van der Waals surface area contributed by atoms with Gasteiger partial charge in [-0.15, -0.1) is 0 Å². The lowest BCUT2D eigenvalue weighted by Gasteiger charge is -2.07. The van der Waals surface area contributed by atoms with E-state index in [1.165, 1.54) is 6.07 Å². The molecule has 0 unspecified atom stereocenters. The summed E-state index contributed by atoms with van der Waals surface area (Å²) in [6.45, 7) is 0. The molecule has 0 radical (unpaired) electrons. The van der Waals surface area contributed by atoms with Crippen LogP contribution in [0.4, 0.5) is 10.1 Å². The Labute approximate surface area is 115 Å². The summed E-state index contributed by atoms with van der Waals surface area (Å²) >= 11 is 0. The molecule has 2 aromatic carbocycles. The highest BCUT2D eigenvalue weighted by Crippen LogP contribution is 2.22. The van der Waals surface area contributed by atoms with Crippen LogP contribution in [-0.4, -0.2) is 10.9 Å². The number of aromatic nitrogens is 1. The van der Waals surface area contributed by atoms with Crippen molar-refractivity contribution < 1.29 is 9.18 Å². The van der Waals surface area contributed by atoms with Gasteiger partial charge in [0.05, 0.1) is 12.1 Å². The zero-order chi connectivity index (χ0) is 13.9. The van der Waals surface area contributed by atoms with Gasteiger partial charge in [0.25, 0.3) is 0 Å². The number of carbonyl (C=O) groups excluding carboxylic acids is 1. The number of halogens is 1. The Morgan fingerprint density at radius 1 is 1.10 bits per heavy atom. The van der Waals surface area contributed by atoms with Crippen molar-refractivity contribution in [2.24, 2.45) is 0 Å². The number of anilines is 1. The number of H-pyrrole nitrogens is 1. The number of hydrogen-bond donors (Lipinski definition) is 2. The molecule has 4 heteroatoms. The summed E-state index contributed by atoms with van der Waals surface area (Å²) in [7, 11) is 0. The Hall–Kier alpha value is -2.62. The lowest BCUT2D eigenvalue weighted by Crippen LogP contribution is -2.15. The van der Waals surface area contributed by atoms with Crippen molar-refractivity contribution >= 4 is 22.5 Å². The second-order valence-electron chi connectivity index (χ2n) is 4.56. The summed E-state index contributed by atoms with van der Waals surface area (Å²) in [6.07, 6.45) is 1.84. The monoisotopic (exact) mass is 268 g/mol. The fourth-order valence-corrected chi connectivity index (χ4v) is 2.20. The lowest BCUT2D eigenvalue weighted by molar-refractivity contribution is -0.115. The number of fused-ring (bicyclic) bond motifs is 1. The Bertz CT molecular complexity index is 764. The number of benzene rings is 2. The van der Waals surface area contributed by atoms with Crippen LogP contribution >= 0.6 is 0 Å². The van der Waals surface area contributed by atoms with Crippen LogP contribution in [0.25, 0.3) is 10.9 Å². The zero-order valence-electron chi connectivity index (χ0n) is 10.7. The molecule has 1 aromatic heterocycles. The van der Waals surface area contributed by atoms with E-state index in [4.69, 9.17) is 0 Å². The highest BCUT2D eigenvalue weighted by Gasteiger charge is 2.09. The first-order valence-corrected chi connectivity index (χ1v) is 6.33. The van der Waals surface area contributed by atoms with E-state index in [0.29, 0.717) is 5.56 Å². The summed E-state index contributed by atoms with van der Waals surface area (Å²) in [5, 5.41) is 3.76. The fourth-order valence-electron chi connectivity index (χ4n) is 2.20. The highest BCUT2D eigenvalue weighted by molar-refractivity contribution is 6.01. The average molecular weight is 268 g/mol. The van der Waals surface area contributed by atoms with Gasteiger partial charge in [0.1, 0.15) is 5.82 Å². The van der Waals surface area contributed by atoms with Crippen molar-refractivity contribution in [1.82, 2.24) is 4.98 Å². The Morgan fingerprint density at radius 3 is 2.80 bits per heavy atom. The molecule has 0 aliphatic heterocycles. The number of rotatable bonds is 3. The lowest BCUT2D eigenvalue weighted by atomic mass is 10.1. The van der Waals surface area contributed by atoms with Crippen molar-refractivity contribution in [2.75, 3.05) is 5.32 Å². The third-order valence-electron chi connectivity index (χ3n) is 3.18. The van der Waals surface area contributed by atoms with E-state index >= 15 is 0 Å². The summed E-state index contributed by atoms with van der Waals surface area (Å²) in [6, 6.07) is 13.8. The third kappa shape index (κ3) is 2.40. The molecule has 2 N–H and O–H groups in total. The third-order valence-corrected chi connectivity index (χ3v) is 3.18. The van der Waals surface area contributed by atoms with Gasteiger partial charge < -0.3 is 10.3 Å². The summed E-state index contributed by atoms with van der Waals surface area (Å²) < 4.78 is 13.5. The molecule has 0 atom stereocenters. The van der Waals surface area contributed by atoms with Crippen LogP contribution in [0.15, 0.2) is 54.7 Å². The molecule has 0 fully saturated rings. The smallest absolute Gasteiger partial charge is 0.228 e. The molecular formula is C16H13FN2O. The van der Waals surface area contributed by atoms with E-state index < -0.39 is 0 Å². The van der Waals surface area contributed by atoms with Gasteiger partial charge in [0.15, 0.2) is 0 Å². The zero-order valence-corrected chi connectivity index (χ0v) is 10.7. The predicted molar refractivity (Wildman–Crippen MR) is 77.0 cm³/mol. The Balaban J connectivity index is 1.80. The first kappa shape index (κ1) is 12.4. The van der Waals surface area contributed by atoms with Crippen LogP contribution in [0.2, 0.25) is 0 Å². The van der Waals surface area contributed by atoms with Crippen molar-refractivity contribution in [2.45, 2.75) is 6.42 Å². The van der Waals surface area contributed by atoms with E-state index in [9.17, 15) is 9.18 Å². The van der Waals surface area contributed by atoms with E-state index in [1.807, 2.05) is 30.5 Å². The fraction of sp³-hybridized carbons (Fsp3) is 0.0625. The van der Waals surface area contributed by atoms with Gasteiger partial charge in [-0.05, 0) is 29.8 Å². The van der Waals surface area contributed by atoms with Crippen molar-refractivity contribution in [3.05, 3.63) is 66.1 Å². The maximum atomic E-state index is 13.5. The Kier molecular flexibility index (Phi) is 3.21. The molecular weight excluding hydrogens is 255 g/mol. The van der Waals surface area contributed by atoms with Gasteiger partial charge in [-0.2, -0.15) is 0 Å². The molecule has 0 aliphatic rings. The topological polar surface area (TPSA) is 44.9 Å². The van der Waals surface area contributed by atoms with Crippen LogP contribution < -0.4 is 5.32 Å². The first-order chi connectivity index (χ1) is 9.74. The molecule has 0 saturated heterocycles. The first-order valence-electron chi connectivity index (χ1n) is 6.33. The molecule has 3 aromatic rings. The van der Waals surface area contributed by atoms with Gasteiger partial charge in [0.2, 0.25) is 5.91 Å². The van der Waals surface area contributed by atoms with E-state index in [0.717, 1.165) is 16.6 Å². The van der Waals surface area contributed by atoms with Crippen LogP contribution in [0.3, 0.4) is 0 Å². The molecule has 100 valence electrons. The molecule has 1 heterocycles. The standard InChI is InChI=1S/C16H13FN2O/c17-13-5-2-1-4-11(13)10-16(20)19-15-7-3-6-14-12(15)8-9-18-14/h1-9,18H,10H2,(H,19,20). The molecule has 0 aliphatic carbocycles. The van der Waals surface area contributed by atoms with Crippen LogP contribution in [0, 0.1) is 5.82 Å². The van der Waals surface area contributed by atoms with Crippen LogP contribution in [0.1, 0.15) is 5.56 Å². The summed E-state index contributed by atoms with van der Waals surface area (Å²) in [5.41, 5.74) is 2.07. The maximum Gasteiger partial charge on any atom is 0.228 e. The van der Waals surface area contributed by atoms with E-state index in [2.05, 4.69) is 10.3 Å². The van der Waals surface area contributed by atoms with Crippen molar-refractivity contribution in [1.29, 1.82) is 0 Å². The molecule has 1 amide bonds. The summed E-state index contributed by atoms with van der Waals surface area (Å²) in [4.78, 5) is 15.1. The second kappa shape index (κ2) is 5.17. The second-order valence-corrected chi connectivity index (χ2v) is 4.56. The molecule has 0 saturated carbocycles. The van der Waals surface area contributed by atoms with Crippen LogP contribution in [-0.2, 0) is 11.2 Å². The predicted octanol–water partition coefficient (Wildman–Crippen LogP) is 3.49. The molecule has 3 nitrogen and oxygen atoms in total. The number of nitrogens with one attached hydrogen (secondary N) is 2. The molecule has 20 heavy (non-hydrogen) atoms. The van der Waals surface area contributed by atoms with Gasteiger partial charge in [-0.1, -0.05) is 24.3 Å². The minimum absolute atomic E-state index is 0.0213. The SMILES string of the molecule is O=C(Cc1ccccc1F)Nc1cccc2[nH]ccc12. The maximum absolute atomic E-state index is 13.5. The van der Waals surface area contributed by atoms with Gasteiger partial charge in [-0.25, -0.2) is 4.39 Å². The van der Waals surface area contributed by atoms with Crippen LogP contribution in [0.5, 0.6) is 0 Å². The largest absolute Gasteiger partial charge is 0.361 e. The number of amides is 1. The summed E-state index contributed by atoms with van der Waals surface area (Å²) in [5.74, 6) is -0.591. The number of hydrogen-bond acceptors (Lipinski definition) is 1. The molecule has 0 spiro atoms. The van der Waals surface area contributed by atoms with Gasteiger partial charge in [-0.3, -0.25) is 4.79 Å². The number of aromatic amines is 1. The van der Waals surface area contributed by atoms with E-state index in [-0.39, 0.29) is 18.1 Å². The average Bonchev–Trinajstić information content (AvgIpc) is 2.91. The van der Waals surface area contributed by atoms with Gasteiger partial charge >= 0.3 is 0 Å². The Morgan fingerprint density at radius 2 is 1.95 bits per heavy atom. The van der Waals surface area contributed by atoms with Crippen molar-refractivity contribution in [3.8, 4) is 0 Å². The minimum atomic E-state index is -0.359. The van der Waals surface area contributed by atoms with Gasteiger partial charge in [0, 0.05) is 17.1 Å². The van der Waals surface area contributed by atoms with Crippen molar-refractivity contribution in [3.63, 3.8) is 0 Å².